The molecule has 3 heterocycles. The number of hydrogen-bond acceptors (Lipinski definition) is 8. The Bertz CT molecular complexity index is 1440. The fraction of sp³-hybridized carbons (Fsp3) is 0.360. The van der Waals surface area contributed by atoms with E-state index < -0.39 is 28.3 Å². The van der Waals surface area contributed by atoms with Crippen LogP contribution < -0.4 is 16.4 Å². The lowest BCUT2D eigenvalue weighted by Crippen LogP contribution is -2.67. The first-order chi connectivity index (χ1) is 17.6. The summed E-state index contributed by atoms with van der Waals surface area (Å²) in [4.78, 5) is 7.85. The van der Waals surface area contributed by atoms with Crippen LogP contribution in [0.1, 0.15) is 24.2 Å². The molecule has 0 amide bonds. The molecule has 0 saturated carbocycles. The quantitative estimate of drug-likeness (QED) is 0.514. The number of benzene rings is 2. The number of hydrogen-bond donors (Lipinski definition) is 2. The summed E-state index contributed by atoms with van der Waals surface area (Å²) in [5.41, 5.74) is 16.8. The van der Waals surface area contributed by atoms with Crippen LogP contribution in [0.15, 0.2) is 66.1 Å². The molecular formula is C25H31FN8O2S. The first kappa shape index (κ1) is 25.5. The molecule has 10 nitrogen and oxygen atoms in total. The van der Waals surface area contributed by atoms with Crippen LogP contribution >= 0.6 is 0 Å². The Balaban J connectivity index is 1.69. The van der Waals surface area contributed by atoms with E-state index in [-0.39, 0.29) is 24.7 Å². The van der Waals surface area contributed by atoms with Gasteiger partial charge in [0.1, 0.15) is 24.1 Å². The van der Waals surface area contributed by atoms with Gasteiger partial charge in [-0.05, 0) is 36.3 Å². The Morgan fingerprint density at radius 3 is 2.46 bits per heavy atom. The van der Waals surface area contributed by atoms with Crippen LogP contribution in [0.25, 0.3) is 5.69 Å². The number of likely N-dealkylation sites (N-methyl/N-ethyl adjacent to an activating group) is 1. The maximum atomic E-state index is 15.4. The van der Waals surface area contributed by atoms with Gasteiger partial charge in [0.2, 0.25) is 10.0 Å². The van der Waals surface area contributed by atoms with Crippen molar-refractivity contribution in [2.75, 3.05) is 30.8 Å². The average Bonchev–Trinajstić information content (AvgIpc) is 3.30. The molecule has 5 rings (SSSR count). The molecule has 4 N–H and O–H groups in total. The number of aromatic nitrogens is 3. The highest BCUT2D eigenvalue weighted by Crippen LogP contribution is 2.42. The van der Waals surface area contributed by atoms with Crippen molar-refractivity contribution in [2.24, 2.45) is 11.5 Å². The lowest BCUT2D eigenvalue weighted by atomic mass is 9.86. The van der Waals surface area contributed by atoms with Crippen LogP contribution in [0.3, 0.4) is 0 Å². The summed E-state index contributed by atoms with van der Waals surface area (Å²) >= 11 is 0. The zero-order valence-electron chi connectivity index (χ0n) is 21.0. The minimum atomic E-state index is -3.50. The minimum Gasteiger partial charge on any atom is -0.315 e. The van der Waals surface area contributed by atoms with E-state index in [1.807, 2.05) is 47.1 Å². The lowest BCUT2D eigenvalue weighted by molar-refractivity contribution is 0.139. The third-order valence-corrected chi connectivity index (χ3v) is 8.29. The van der Waals surface area contributed by atoms with Gasteiger partial charge in [0.25, 0.3) is 0 Å². The van der Waals surface area contributed by atoms with E-state index >= 15 is 4.39 Å². The van der Waals surface area contributed by atoms with Crippen molar-refractivity contribution in [2.45, 2.75) is 32.2 Å². The Labute approximate surface area is 216 Å². The molecule has 2 aromatic carbocycles. The van der Waals surface area contributed by atoms with E-state index in [0.29, 0.717) is 18.1 Å². The highest BCUT2D eigenvalue weighted by Gasteiger charge is 2.45. The molecular weight excluding hydrogens is 495 g/mol. The summed E-state index contributed by atoms with van der Waals surface area (Å²) in [6.07, 6.45) is 1.39. The van der Waals surface area contributed by atoms with Crippen LogP contribution in [0.5, 0.6) is 0 Å². The van der Waals surface area contributed by atoms with E-state index in [0.717, 1.165) is 16.8 Å². The molecule has 1 aromatic heterocycles. The second kappa shape index (κ2) is 9.62. The zero-order valence-corrected chi connectivity index (χ0v) is 21.8. The van der Waals surface area contributed by atoms with Gasteiger partial charge in [-0.2, -0.15) is 9.40 Å². The smallest absolute Gasteiger partial charge is 0.211 e. The third kappa shape index (κ3) is 4.55. The molecule has 2 aliphatic heterocycles. The van der Waals surface area contributed by atoms with Gasteiger partial charge in [-0.25, -0.2) is 22.5 Å². The summed E-state index contributed by atoms with van der Waals surface area (Å²) in [7, 11) is -3.50. The average molecular weight is 527 g/mol. The molecule has 3 atom stereocenters. The predicted octanol–water partition coefficient (Wildman–Crippen LogP) is 1.70. The highest BCUT2D eigenvalue weighted by atomic mass is 32.2. The number of halogens is 1. The van der Waals surface area contributed by atoms with Gasteiger partial charge < -0.3 is 10.6 Å². The van der Waals surface area contributed by atoms with Gasteiger partial charge in [-0.3, -0.25) is 10.6 Å². The molecule has 196 valence electrons. The Kier molecular flexibility index (Phi) is 6.62. The first-order valence-electron chi connectivity index (χ1n) is 12.1. The zero-order chi connectivity index (χ0) is 26.5. The van der Waals surface area contributed by atoms with Crippen molar-refractivity contribution in [1.82, 2.24) is 24.0 Å². The van der Waals surface area contributed by atoms with Gasteiger partial charge in [0.15, 0.2) is 5.82 Å². The lowest BCUT2D eigenvalue weighted by Gasteiger charge is -2.52. The molecule has 0 saturated heterocycles. The SMILES string of the molecule is CCN1C(N)C2=C(C(c3ccccc3)CN(S(C)(=O)=O)C2)N(c2ccc(-n3cnc(C)n3)c(F)c2)C1N. The molecule has 0 aliphatic carbocycles. The molecule has 0 bridgehead atoms. The van der Waals surface area contributed by atoms with Gasteiger partial charge in [-0.1, -0.05) is 37.3 Å². The summed E-state index contributed by atoms with van der Waals surface area (Å²) in [6.45, 7) is 4.55. The van der Waals surface area contributed by atoms with Crippen molar-refractivity contribution in [3.05, 3.63) is 83.3 Å². The van der Waals surface area contributed by atoms with E-state index in [2.05, 4.69) is 10.1 Å². The van der Waals surface area contributed by atoms with Crippen molar-refractivity contribution < 1.29 is 12.8 Å². The predicted molar refractivity (Wildman–Crippen MR) is 139 cm³/mol. The number of rotatable bonds is 5. The van der Waals surface area contributed by atoms with Crippen LogP contribution in [0, 0.1) is 12.7 Å². The summed E-state index contributed by atoms with van der Waals surface area (Å²) in [6, 6.07) is 14.5. The van der Waals surface area contributed by atoms with Crippen LogP contribution in [0.4, 0.5) is 10.1 Å². The normalized spacial score (nSPS) is 23.4. The molecule has 37 heavy (non-hydrogen) atoms. The molecule has 3 aromatic rings. The van der Waals surface area contributed by atoms with Gasteiger partial charge in [-0.15, -0.1) is 0 Å². The summed E-state index contributed by atoms with van der Waals surface area (Å²) in [5.74, 6) is -0.303. The number of nitrogens with two attached hydrogens (primary N) is 2. The maximum absolute atomic E-state index is 15.4. The fourth-order valence-corrected chi connectivity index (χ4v) is 6.04. The van der Waals surface area contributed by atoms with E-state index in [1.165, 1.54) is 27.6 Å². The van der Waals surface area contributed by atoms with Gasteiger partial charge in [0.05, 0.1) is 12.4 Å². The Morgan fingerprint density at radius 1 is 1.14 bits per heavy atom. The van der Waals surface area contributed by atoms with Crippen molar-refractivity contribution >= 4 is 15.7 Å². The van der Waals surface area contributed by atoms with Gasteiger partial charge >= 0.3 is 0 Å². The number of aryl methyl sites for hydroxylation is 1. The highest BCUT2D eigenvalue weighted by molar-refractivity contribution is 7.88. The second-order valence-electron chi connectivity index (χ2n) is 9.36. The largest absolute Gasteiger partial charge is 0.315 e. The monoisotopic (exact) mass is 526 g/mol. The minimum absolute atomic E-state index is 0.136. The van der Waals surface area contributed by atoms with E-state index in [4.69, 9.17) is 11.5 Å². The standard InChI is InChI=1S/C25H31FN8O2S/c1-4-32-24(27)20-14-31(37(3,35)36)13-19(17-8-6-5-7-9-17)23(20)34(25(32)28)18-10-11-22(21(26)12-18)33-15-29-16(2)30-33/h5-12,15,19,24-25H,4,13-14,27-28H2,1-3H3. The van der Waals surface area contributed by atoms with Crippen LogP contribution in [-0.2, 0) is 10.0 Å². The van der Waals surface area contributed by atoms with Crippen molar-refractivity contribution in [3.63, 3.8) is 0 Å². The third-order valence-electron chi connectivity index (χ3n) is 7.07. The van der Waals surface area contributed by atoms with Crippen molar-refractivity contribution in [1.29, 1.82) is 0 Å². The fourth-order valence-electron chi connectivity index (χ4n) is 5.24. The maximum Gasteiger partial charge on any atom is 0.211 e. The number of anilines is 1. The number of nitrogens with zero attached hydrogens (tertiary/aromatic N) is 6. The Morgan fingerprint density at radius 2 is 1.86 bits per heavy atom. The molecule has 0 fully saturated rings. The number of sulfonamides is 1. The second-order valence-corrected chi connectivity index (χ2v) is 11.3. The topological polar surface area (TPSA) is 127 Å². The molecule has 0 spiro atoms. The Hall–Kier alpha value is -3.16. The van der Waals surface area contributed by atoms with Crippen LogP contribution in [-0.4, -0.2) is 70.7 Å². The van der Waals surface area contributed by atoms with E-state index in [1.54, 1.807) is 19.1 Å². The van der Waals surface area contributed by atoms with E-state index in [9.17, 15) is 8.42 Å². The molecule has 3 unspecified atom stereocenters. The molecule has 12 heteroatoms. The van der Waals surface area contributed by atoms with Crippen molar-refractivity contribution in [3.8, 4) is 5.69 Å². The van der Waals surface area contributed by atoms with Gasteiger partial charge in [0, 0.05) is 36.9 Å². The first-order valence-corrected chi connectivity index (χ1v) is 13.9. The summed E-state index contributed by atoms with van der Waals surface area (Å²) in [5, 5.41) is 4.21. The molecule has 0 radical (unpaired) electrons. The summed E-state index contributed by atoms with van der Waals surface area (Å²) < 4.78 is 43.6. The molecule has 2 aliphatic rings. The van der Waals surface area contributed by atoms with Crippen LogP contribution in [0.2, 0.25) is 0 Å².